The van der Waals surface area contributed by atoms with Crippen LogP contribution in [0.15, 0.2) is 24.3 Å². The third kappa shape index (κ3) is 3.46. The largest absolute Gasteiger partial charge is 0.377 e. The van der Waals surface area contributed by atoms with E-state index in [-0.39, 0.29) is 29.8 Å². The summed E-state index contributed by atoms with van der Waals surface area (Å²) >= 11 is 0. The molecule has 0 N–H and O–H groups in total. The van der Waals surface area contributed by atoms with Crippen molar-refractivity contribution in [3.63, 3.8) is 0 Å². The SMILES string of the molecule is Cc1ccc(C(C(=O)N2C(C)COCC2C)C(C)C)cc1. The first-order chi connectivity index (χ1) is 9.91. The number of hydrogen-bond donors (Lipinski definition) is 0. The van der Waals surface area contributed by atoms with Gasteiger partial charge >= 0.3 is 0 Å². The van der Waals surface area contributed by atoms with Gasteiger partial charge in [-0.3, -0.25) is 4.79 Å². The lowest BCUT2D eigenvalue weighted by Crippen LogP contribution is -2.54. The van der Waals surface area contributed by atoms with Crippen molar-refractivity contribution in [2.75, 3.05) is 13.2 Å². The summed E-state index contributed by atoms with van der Waals surface area (Å²) in [5, 5.41) is 0. The van der Waals surface area contributed by atoms with E-state index in [1.165, 1.54) is 5.56 Å². The van der Waals surface area contributed by atoms with Crippen molar-refractivity contribution in [2.45, 2.75) is 52.6 Å². The number of rotatable bonds is 3. The zero-order valence-electron chi connectivity index (χ0n) is 13.8. The van der Waals surface area contributed by atoms with Gasteiger partial charge < -0.3 is 9.64 Å². The van der Waals surface area contributed by atoms with E-state index in [2.05, 4.69) is 58.9 Å². The van der Waals surface area contributed by atoms with Crippen LogP contribution >= 0.6 is 0 Å². The highest BCUT2D eigenvalue weighted by Gasteiger charge is 2.35. The Bertz CT molecular complexity index is 470. The Morgan fingerprint density at radius 3 is 2.14 bits per heavy atom. The van der Waals surface area contributed by atoms with Crippen LogP contribution in [-0.4, -0.2) is 36.1 Å². The molecule has 3 heteroatoms. The first-order valence-electron chi connectivity index (χ1n) is 7.88. The van der Waals surface area contributed by atoms with Crippen LogP contribution < -0.4 is 0 Å². The fourth-order valence-electron chi connectivity index (χ4n) is 3.19. The molecule has 3 atom stereocenters. The van der Waals surface area contributed by atoms with Crippen LogP contribution in [0.1, 0.15) is 44.7 Å². The minimum Gasteiger partial charge on any atom is -0.377 e. The van der Waals surface area contributed by atoms with Gasteiger partial charge in [0.2, 0.25) is 5.91 Å². The number of morpholine rings is 1. The minimum absolute atomic E-state index is 0.0754. The molecule has 0 bridgehead atoms. The molecule has 3 nitrogen and oxygen atoms in total. The molecule has 2 rings (SSSR count). The number of carbonyl (C=O) groups excluding carboxylic acids is 1. The standard InChI is InChI=1S/C18H27NO2/c1-12(2)17(16-8-6-13(3)7-9-16)18(20)19-14(4)10-21-11-15(19)5/h6-9,12,14-15,17H,10-11H2,1-5H3. The highest BCUT2D eigenvalue weighted by molar-refractivity contribution is 5.84. The predicted molar refractivity (Wildman–Crippen MR) is 85.3 cm³/mol. The molecule has 116 valence electrons. The van der Waals surface area contributed by atoms with E-state index in [0.717, 1.165) is 5.56 Å². The Hall–Kier alpha value is -1.35. The summed E-state index contributed by atoms with van der Waals surface area (Å²) in [5.41, 5.74) is 2.34. The molecule has 1 aliphatic heterocycles. The smallest absolute Gasteiger partial charge is 0.231 e. The van der Waals surface area contributed by atoms with Crippen LogP contribution in [0.5, 0.6) is 0 Å². The molecule has 1 amide bonds. The van der Waals surface area contributed by atoms with Crippen LogP contribution in [0.25, 0.3) is 0 Å². The number of ether oxygens (including phenoxy) is 1. The van der Waals surface area contributed by atoms with Gasteiger partial charge in [-0.15, -0.1) is 0 Å². The van der Waals surface area contributed by atoms with Gasteiger partial charge in [0.15, 0.2) is 0 Å². The Morgan fingerprint density at radius 2 is 1.67 bits per heavy atom. The third-order valence-corrected chi connectivity index (χ3v) is 4.29. The summed E-state index contributed by atoms with van der Waals surface area (Å²) in [6.07, 6.45) is 0. The third-order valence-electron chi connectivity index (χ3n) is 4.29. The molecule has 1 aromatic carbocycles. The van der Waals surface area contributed by atoms with Crippen LogP contribution in [0.2, 0.25) is 0 Å². The summed E-state index contributed by atoms with van der Waals surface area (Å²) < 4.78 is 5.54. The zero-order valence-corrected chi connectivity index (χ0v) is 13.8. The summed E-state index contributed by atoms with van der Waals surface area (Å²) in [7, 11) is 0. The highest BCUT2D eigenvalue weighted by Crippen LogP contribution is 2.29. The molecule has 0 radical (unpaired) electrons. The lowest BCUT2D eigenvalue weighted by Gasteiger charge is -2.41. The van der Waals surface area contributed by atoms with Crippen molar-refractivity contribution in [3.05, 3.63) is 35.4 Å². The predicted octanol–water partition coefficient (Wildman–Crippen LogP) is 3.37. The highest BCUT2D eigenvalue weighted by atomic mass is 16.5. The number of benzene rings is 1. The van der Waals surface area contributed by atoms with Gasteiger partial charge in [-0.2, -0.15) is 0 Å². The van der Waals surface area contributed by atoms with E-state index in [0.29, 0.717) is 13.2 Å². The Morgan fingerprint density at radius 1 is 1.14 bits per heavy atom. The van der Waals surface area contributed by atoms with Gasteiger partial charge in [-0.25, -0.2) is 0 Å². The van der Waals surface area contributed by atoms with Gasteiger partial charge in [-0.05, 0) is 32.3 Å². The Labute approximate surface area is 128 Å². The second kappa shape index (κ2) is 6.61. The van der Waals surface area contributed by atoms with E-state index >= 15 is 0 Å². The molecule has 1 aromatic rings. The summed E-state index contributed by atoms with van der Waals surface area (Å²) in [6.45, 7) is 11.7. The second-order valence-electron chi connectivity index (χ2n) is 6.61. The van der Waals surface area contributed by atoms with E-state index in [4.69, 9.17) is 4.74 Å². The van der Waals surface area contributed by atoms with Gasteiger partial charge in [0.05, 0.1) is 31.2 Å². The quantitative estimate of drug-likeness (QED) is 0.854. The molecule has 21 heavy (non-hydrogen) atoms. The van der Waals surface area contributed by atoms with Crippen LogP contribution in [0.3, 0.4) is 0 Å². The number of amides is 1. The molecular formula is C18H27NO2. The maximum atomic E-state index is 13.1. The van der Waals surface area contributed by atoms with Crippen molar-refractivity contribution in [3.8, 4) is 0 Å². The minimum atomic E-state index is -0.0754. The topological polar surface area (TPSA) is 29.5 Å². The average Bonchev–Trinajstić information content (AvgIpc) is 2.40. The van der Waals surface area contributed by atoms with Gasteiger partial charge in [0.1, 0.15) is 0 Å². The molecule has 0 aliphatic carbocycles. The van der Waals surface area contributed by atoms with Crippen LogP contribution in [0.4, 0.5) is 0 Å². The molecule has 1 saturated heterocycles. The fourth-order valence-corrected chi connectivity index (χ4v) is 3.19. The maximum Gasteiger partial charge on any atom is 0.231 e. The molecule has 0 aromatic heterocycles. The Balaban J connectivity index is 2.29. The number of aryl methyl sites for hydroxylation is 1. The first-order valence-corrected chi connectivity index (χ1v) is 7.88. The van der Waals surface area contributed by atoms with Crippen LogP contribution in [-0.2, 0) is 9.53 Å². The van der Waals surface area contributed by atoms with E-state index in [1.54, 1.807) is 0 Å². The molecule has 1 aliphatic rings. The van der Waals surface area contributed by atoms with Gasteiger partial charge in [0, 0.05) is 0 Å². The maximum absolute atomic E-state index is 13.1. The number of hydrogen-bond acceptors (Lipinski definition) is 2. The summed E-state index contributed by atoms with van der Waals surface area (Å²) in [6, 6.07) is 8.65. The lowest BCUT2D eigenvalue weighted by molar-refractivity contribution is -0.146. The van der Waals surface area contributed by atoms with Crippen molar-refractivity contribution in [2.24, 2.45) is 5.92 Å². The summed E-state index contributed by atoms with van der Waals surface area (Å²) in [4.78, 5) is 15.1. The number of carbonyl (C=O) groups is 1. The van der Waals surface area contributed by atoms with Crippen LogP contribution in [0, 0.1) is 12.8 Å². The Kier molecular flexibility index (Phi) is 5.04. The van der Waals surface area contributed by atoms with Crippen molar-refractivity contribution < 1.29 is 9.53 Å². The van der Waals surface area contributed by atoms with Crippen molar-refractivity contribution >= 4 is 5.91 Å². The molecule has 1 fully saturated rings. The second-order valence-corrected chi connectivity index (χ2v) is 6.61. The average molecular weight is 289 g/mol. The molecule has 0 saturated carbocycles. The molecule has 3 unspecified atom stereocenters. The first kappa shape index (κ1) is 16.0. The van der Waals surface area contributed by atoms with Crippen molar-refractivity contribution in [1.29, 1.82) is 0 Å². The molecule has 1 heterocycles. The lowest BCUT2D eigenvalue weighted by atomic mass is 9.86. The molecule has 0 spiro atoms. The monoisotopic (exact) mass is 289 g/mol. The molecular weight excluding hydrogens is 262 g/mol. The fraction of sp³-hybridized carbons (Fsp3) is 0.611. The normalized spacial score (nSPS) is 24.2. The van der Waals surface area contributed by atoms with Gasteiger partial charge in [-0.1, -0.05) is 43.7 Å². The van der Waals surface area contributed by atoms with E-state index in [9.17, 15) is 4.79 Å². The van der Waals surface area contributed by atoms with Crippen molar-refractivity contribution in [1.82, 2.24) is 4.90 Å². The van der Waals surface area contributed by atoms with E-state index < -0.39 is 0 Å². The van der Waals surface area contributed by atoms with E-state index in [1.807, 2.05) is 4.90 Å². The summed E-state index contributed by atoms with van der Waals surface area (Å²) in [5.74, 6) is 0.438. The number of nitrogens with zero attached hydrogens (tertiary/aromatic N) is 1. The van der Waals surface area contributed by atoms with Gasteiger partial charge in [0.25, 0.3) is 0 Å². The zero-order chi connectivity index (χ0) is 15.6.